The lowest BCUT2D eigenvalue weighted by Crippen LogP contribution is -2.37. The number of aromatic nitrogens is 6. The van der Waals surface area contributed by atoms with Crippen molar-refractivity contribution in [3.8, 4) is 22.5 Å². The number of carbonyl (C=O) groups is 1. The maximum Gasteiger partial charge on any atom is 0.219 e. The van der Waals surface area contributed by atoms with Crippen molar-refractivity contribution in [2.45, 2.75) is 19.3 Å². The minimum absolute atomic E-state index is 0.194. The first-order valence-corrected chi connectivity index (χ1v) is 11.7. The Morgan fingerprint density at radius 2 is 1.69 bits per heavy atom. The number of fused-ring (bicyclic) bond motifs is 1. The smallest absolute Gasteiger partial charge is 0.219 e. The van der Waals surface area contributed by atoms with Crippen molar-refractivity contribution in [2.24, 2.45) is 5.92 Å². The first-order valence-electron chi connectivity index (χ1n) is 11.7. The lowest BCUT2D eigenvalue weighted by atomic mass is 10.0. The van der Waals surface area contributed by atoms with E-state index in [0.29, 0.717) is 60.9 Å². The predicted molar refractivity (Wildman–Crippen MR) is 130 cm³/mol. The number of Topliss-reactive ketones (excluding diaryl/α,β-unsaturated/α-hetero) is 1. The fraction of sp³-hybridized carbons (Fsp3) is 0.320. The lowest BCUT2D eigenvalue weighted by Gasteiger charge is -2.28. The molecule has 6 rings (SSSR count). The number of nitrogens with two attached hydrogens (primary N) is 1. The van der Waals surface area contributed by atoms with Gasteiger partial charge in [-0.1, -0.05) is 0 Å². The van der Waals surface area contributed by atoms with Crippen LogP contribution in [0.5, 0.6) is 0 Å². The third-order valence-corrected chi connectivity index (χ3v) is 6.30. The molecule has 0 amide bonds. The highest BCUT2D eigenvalue weighted by atomic mass is 16.5. The number of rotatable bonds is 6. The zero-order chi connectivity index (χ0) is 23.8. The normalized spacial score (nSPS) is 15.9. The molecule has 1 saturated carbocycles. The molecule has 10 heteroatoms. The Morgan fingerprint density at radius 3 is 2.46 bits per heavy atom. The number of nitrogens with zero attached hydrogens (tertiary/aromatic N) is 7. The summed E-state index contributed by atoms with van der Waals surface area (Å²) in [4.78, 5) is 41.4. The topological polar surface area (TPSA) is 133 Å². The van der Waals surface area contributed by atoms with Gasteiger partial charge in [-0.3, -0.25) is 14.8 Å². The Hall–Kier alpha value is -4.05. The Kier molecular flexibility index (Phi) is 5.49. The fourth-order valence-electron chi connectivity index (χ4n) is 4.23. The molecule has 0 atom stereocenters. The average Bonchev–Trinajstić information content (AvgIpc) is 3.75. The molecule has 0 unspecified atom stereocenters. The van der Waals surface area contributed by atoms with E-state index >= 15 is 0 Å². The monoisotopic (exact) mass is 468 g/mol. The first-order chi connectivity index (χ1) is 17.1. The molecule has 4 aromatic rings. The van der Waals surface area contributed by atoms with Gasteiger partial charge in [0.05, 0.1) is 24.3 Å². The molecule has 0 spiro atoms. The summed E-state index contributed by atoms with van der Waals surface area (Å²) in [5.74, 6) is 1.96. The standard InChI is InChI=1S/C25H24N8O2/c26-25-29-13-19(14-30-25)23-31-20-9-18(12-28-22(20)24(32-23)33-3-5-35-6-4-33)17-7-15(10-27-11-17)8-21(34)16-1-2-16/h7,9-14,16H,1-6,8H2,(H2,26,29,30). The van der Waals surface area contributed by atoms with E-state index in [-0.39, 0.29) is 11.9 Å². The number of ether oxygens (including phenoxy) is 1. The second kappa shape index (κ2) is 8.95. The fourth-order valence-corrected chi connectivity index (χ4v) is 4.23. The van der Waals surface area contributed by atoms with Gasteiger partial charge in [0, 0.05) is 67.5 Å². The van der Waals surface area contributed by atoms with Crippen LogP contribution in [0.2, 0.25) is 0 Å². The van der Waals surface area contributed by atoms with Gasteiger partial charge in [0.15, 0.2) is 11.6 Å². The van der Waals surface area contributed by atoms with Crippen LogP contribution >= 0.6 is 0 Å². The van der Waals surface area contributed by atoms with Gasteiger partial charge in [-0.05, 0) is 30.5 Å². The van der Waals surface area contributed by atoms with Crippen molar-refractivity contribution in [1.82, 2.24) is 29.9 Å². The van der Waals surface area contributed by atoms with E-state index in [4.69, 9.17) is 25.4 Å². The van der Waals surface area contributed by atoms with Gasteiger partial charge in [0.25, 0.3) is 0 Å². The summed E-state index contributed by atoms with van der Waals surface area (Å²) < 4.78 is 5.53. The van der Waals surface area contributed by atoms with Crippen LogP contribution in [0, 0.1) is 5.92 Å². The van der Waals surface area contributed by atoms with Gasteiger partial charge in [0.1, 0.15) is 11.3 Å². The molecule has 176 valence electrons. The van der Waals surface area contributed by atoms with Crippen molar-refractivity contribution in [2.75, 3.05) is 36.9 Å². The van der Waals surface area contributed by atoms with E-state index in [1.807, 2.05) is 18.3 Å². The highest BCUT2D eigenvalue weighted by Gasteiger charge is 2.29. The number of morpholine rings is 1. The van der Waals surface area contributed by atoms with E-state index in [1.54, 1.807) is 24.8 Å². The van der Waals surface area contributed by atoms with E-state index in [0.717, 1.165) is 35.3 Å². The molecule has 2 N–H and O–H groups in total. The molecule has 5 heterocycles. The van der Waals surface area contributed by atoms with E-state index < -0.39 is 0 Å². The van der Waals surface area contributed by atoms with Gasteiger partial charge < -0.3 is 15.4 Å². The summed E-state index contributed by atoms with van der Waals surface area (Å²) >= 11 is 0. The average molecular weight is 469 g/mol. The molecule has 2 fully saturated rings. The number of hydrogen-bond donors (Lipinski definition) is 1. The minimum atomic E-state index is 0.194. The molecule has 0 radical (unpaired) electrons. The summed E-state index contributed by atoms with van der Waals surface area (Å²) in [6.45, 7) is 2.69. The quantitative estimate of drug-likeness (QED) is 0.450. The van der Waals surface area contributed by atoms with Crippen molar-refractivity contribution in [3.05, 3.63) is 48.7 Å². The summed E-state index contributed by atoms with van der Waals surface area (Å²) in [6.07, 6.45) is 11.0. The van der Waals surface area contributed by atoms with Crippen LogP contribution in [0.1, 0.15) is 18.4 Å². The molecule has 10 nitrogen and oxygen atoms in total. The SMILES string of the molecule is Nc1ncc(-c2nc(N3CCOCC3)c3ncc(-c4cncc(CC(=O)C5CC5)c4)cc3n2)cn1. The first kappa shape index (κ1) is 21.5. The van der Waals surface area contributed by atoms with Crippen molar-refractivity contribution in [3.63, 3.8) is 0 Å². The van der Waals surface area contributed by atoms with Gasteiger partial charge in [0.2, 0.25) is 5.95 Å². The van der Waals surface area contributed by atoms with Crippen LogP contribution in [0.15, 0.2) is 43.1 Å². The maximum atomic E-state index is 12.3. The van der Waals surface area contributed by atoms with E-state index in [1.165, 1.54) is 0 Å². The maximum absolute atomic E-state index is 12.3. The van der Waals surface area contributed by atoms with Crippen molar-refractivity contribution >= 4 is 28.6 Å². The van der Waals surface area contributed by atoms with Gasteiger partial charge in [-0.2, -0.15) is 0 Å². The van der Waals surface area contributed by atoms with E-state index in [9.17, 15) is 4.79 Å². The van der Waals surface area contributed by atoms with Crippen LogP contribution in [0.4, 0.5) is 11.8 Å². The minimum Gasteiger partial charge on any atom is -0.378 e. The number of anilines is 2. The highest BCUT2D eigenvalue weighted by Crippen LogP contribution is 2.32. The Bertz CT molecular complexity index is 1400. The molecule has 1 aliphatic carbocycles. The largest absolute Gasteiger partial charge is 0.378 e. The Labute approximate surface area is 201 Å². The molecular formula is C25H24N8O2. The second-order valence-corrected chi connectivity index (χ2v) is 8.89. The van der Waals surface area contributed by atoms with Crippen LogP contribution in [0.3, 0.4) is 0 Å². The molecule has 0 bridgehead atoms. The summed E-state index contributed by atoms with van der Waals surface area (Å²) in [5, 5.41) is 0. The van der Waals surface area contributed by atoms with Crippen LogP contribution in [-0.4, -0.2) is 62.0 Å². The van der Waals surface area contributed by atoms with Crippen LogP contribution < -0.4 is 10.6 Å². The van der Waals surface area contributed by atoms with Crippen LogP contribution in [-0.2, 0) is 16.0 Å². The molecule has 1 aliphatic heterocycles. The summed E-state index contributed by atoms with van der Waals surface area (Å²) in [5.41, 5.74) is 10.4. The number of hydrogen-bond acceptors (Lipinski definition) is 10. The molecule has 1 saturated heterocycles. The molecule has 35 heavy (non-hydrogen) atoms. The zero-order valence-electron chi connectivity index (χ0n) is 19.1. The number of carbonyl (C=O) groups excluding carboxylic acids is 1. The van der Waals surface area contributed by atoms with Crippen molar-refractivity contribution in [1.29, 1.82) is 0 Å². The number of ketones is 1. The molecular weight excluding hydrogens is 444 g/mol. The Balaban J connectivity index is 1.42. The van der Waals surface area contributed by atoms with E-state index in [2.05, 4.69) is 19.9 Å². The van der Waals surface area contributed by atoms with Gasteiger partial charge >= 0.3 is 0 Å². The van der Waals surface area contributed by atoms with Gasteiger partial charge in [-0.25, -0.2) is 19.9 Å². The molecule has 2 aliphatic rings. The summed E-state index contributed by atoms with van der Waals surface area (Å²) in [6, 6.07) is 3.99. The third kappa shape index (κ3) is 4.52. The lowest BCUT2D eigenvalue weighted by molar-refractivity contribution is -0.119. The van der Waals surface area contributed by atoms with Crippen molar-refractivity contribution < 1.29 is 9.53 Å². The van der Waals surface area contributed by atoms with Gasteiger partial charge in [-0.15, -0.1) is 0 Å². The highest BCUT2D eigenvalue weighted by molar-refractivity contribution is 5.90. The number of pyridine rings is 2. The molecule has 0 aromatic carbocycles. The molecule has 4 aromatic heterocycles. The second-order valence-electron chi connectivity index (χ2n) is 8.89. The van der Waals surface area contributed by atoms with Crippen LogP contribution in [0.25, 0.3) is 33.5 Å². The third-order valence-electron chi connectivity index (χ3n) is 6.30. The predicted octanol–water partition coefficient (Wildman–Crippen LogP) is 2.48. The zero-order valence-corrected chi connectivity index (χ0v) is 19.1. The summed E-state index contributed by atoms with van der Waals surface area (Å²) in [7, 11) is 0. The number of nitrogen functional groups attached to an aromatic ring is 1. The Morgan fingerprint density at radius 1 is 0.943 bits per heavy atom.